The highest BCUT2D eigenvalue weighted by Gasteiger charge is 2.22. The molecular weight excluding hydrogens is 454 g/mol. The average Bonchev–Trinajstić information content (AvgIpc) is 3.42. The van der Waals surface area contributed by atoms with Gasteiger partial charge in [-0.3, -0.25) is 9.48 Å². The Kier molecular flexibility index (Phi) is 7.38. The standard InChI is InChI=1S/C20H23N5O5S2/c1-4-25(5-2)32(28,29)16-8-6-7-15(9-16)22-18(26)12-30-20(27)17-13-31-19(23-17)14-10-21-24(3)11-14/h6-11,13H,4-5,12H2,1-3H3,(H,22,26). The topological polar surface area (TPSA) is 123 Å². The lowest BCUT2D eigenvalue weighted by Crippen LogP contribution is -2.30. The predicted octanol–water partition coefficient (Wildman–Crippen LogP) is 2.37. The summed E-state index contributed by atoms with van der Waals surface area (Å²) in [7, 11) is -1.88. The second kappa shape index (κ2) is 10.0. The fourth-order valence-electron chi connectivity index (χ4n) is 2.88. The van der Waals surface area contributed by atoms with Crippen molar-refractivity contribution in [2.45, 2.75) is 18.7 Å². The summed E-state index contributed by atoms with van der Waals surface area (Å²) in [4.78, 5) is 28.7. The largest absolute Gasteiger partial charge is 0.451 e. The van der Waals surface area contributed by atoms with Crippen LogP contribution in [-0.2, 0) is 26.6 Å². The number of hydrogen-bond donors (Lipinski definition) is 1. The first-order valence-corrected chi connectivity index (χ1v) is 12.1. The zero-order valence-electron chi connectivity index (χ0n) is 17.8. The van der Waals surface area contributed by atoms with Crippen LogP contribution in [0.5, 0.6) is 0 Å². The Bertz CT molecular complexity index is 1210. The van der Waals surface area contributed by atoms with Crippen molar-refractivity contribution in [3.05, 3.63) is 47.7 Å². The van der Waals surface area contributed by atoms with E-state index >= 15 is 0 Å². The van der Waals surface area contributed by atoms with E-state index in [1.54, 1.807) is 49.4 Å². The van der Waals surface area contributed by atoms with Gasteiger partial charge in [-0.2, -0.15) is 9.40 Å². The van der Waals surface area contributed by atoms with Gasteiger partial charge in [0.05, 0.1) is 11.1 Å². The van der Waals surface area contributed by atoms with Crippen molar-refractivity contribution in [3.8, 4) is 10.6 Å². The van der Waals surface area contributed by atoms with Gasteiger partial charge in [0.15, 0.2) is 12.3 Å². The molecule has 0 unspecified atom stereocenters. The number of carbonyl (C=O) groups is 2. The van der Waals surface area contributed by atoms with Crippen LogP contribution in [0.1, 0.15) is 24.3 Å². The van der Waals surface area contributed by atoms with Crippen LogP contribution in [0.15, 0.2) is 46.9 Å². The highest BCUT2D eigenvalue weighted by molar-refractivity contribution is 7.89. The third kappa shape index (κ3) is 5.39. The molecule has 0 saturated carbocycles. The van der Waals surface area contributed by atoms with Crippen LogP contribution in [0.25, 0.3) is 10.6 Å². The summed E-state index contributed by atoms with van der Waals surface area (Å²) in [6, 6.07) is 5.92. The fraction of sp³-hybridized carbons (Fsp3) is 0.300. The molecule has 1 amide bonds. The molecule has 12 heteroatoms. The molecule has 2 aromatic heterocycles. The number of benzene rings is 1. The van der Waals surface area contributed by atoms with Gasteiger partial charge in [0.25, 0.3) is 5.91 Å². The number of aromatic nitrogens is 3. The third-order valence-electron chi connectivity index (χ3n) is 4.46. The van der Waals surface area contributed by atoms with Gasteiger partial charge in [0.1, 0.15) is 5.01 Å². The number of carbonyl (C=O) groups excluding carboxylic acids is 2. The number of anilines is 1. The molecule has 0 spiro atoms. The Morgan fingerprint density at radius 1 is 1.25 bits per heavy atom. The van der Waals surface area contributed by atoms with Gasteiger partial charge in [-0.25, -0.2) is 18.2 Å². The molecule has 10 nitrogen and oxygen atoms in total. The summed E-state index contributed by atoms with van der Waals surface area (Å²) >= 11 is 1.26. The van der Waals surface area contributed by atoms with E-state index in [1.807, 2.05) is 0 Å². The number of thiazole rings is 1. The van der Waals surface area contributed by atoms with E-state index in [2.05, 4.69) is 15.4 Å². The summed E-state index contributed by atoms with van der Waals surface area (Å²) in [5, 5.41) is 8.76. The molecule has 1 aromatic carbocycles. The smallest absolute Gasteiger partial charge is 0.358 e. The summed E-state index contributed by atoms with van der Waals surface area (Å²) in [6.45, 7) is 3.65. The minimum absolute atomic E-state index is 0.0707. The van der Waals surface area contributed by atoms with E-state index in [0.29, 0.717) is 18.1 Å². The van der Waals surface area contributed by atoms with Gasteiger partial charge >= 0.3 is 5.97 Å². The normalized spacial score (nSPS) is 11.5. The summed E-state index contributed by atoms with van der Waals surface area (Å²) in [5.74, 6) is -1.33. The Hall–Kier alpha value is -3.09. The zero-order chi connectivity index (χ0) is 23.3. The second-order valence-corrected chi connectivity index (χ2v) is 9.48. The van der Waals surface area contributed by atoms with Crippen LogP contribution in [0, 0.1) is 0 Å². The van der Waals surface area contributed by atoms with Gasteiger partial charge in [-0.15, -0.1) is 11.3 Å². The highest BCUT2D eigenvalue weighted by atomic mass is 32.2. The number of nitrogens with one attached hydrogen (secondary N) is 1. The molecule has 3 rings (SSSR count). The monoisotopic (exact) mass is 477 g/mol. The van der Waals surface area contributed by atoms with E-state index in [4.69, 9.17) is 4.74 Å². The van der Waals surface area contributed by atoms with E-state index in [0.717, 1.165) is 5.56 Å². The molecular formula is C20H23N5O5S2. The zero-order valence-corrected chi connectivity index (χ0v) is 19.4. The predicted molar refractivity (Wildman–Crippen MR) is 120 cm³/mol. The Morgan fingerprint density at radius 3 is 2.66 bits per heavy atom. The highest BCUT2D eigenvalue weighted by Crippen LogP contribution is 2.23. The van der Waals surface area contributed by atoms with E-state index in [1.165, 1.54) is 33.8 Å². The van der Waals surface area contributed by atoms with Crippen molar-refractivity contribution >= 4 is 38.9 Å². The van der Waals surface area contributed by atoms with Gasteiger partial charge in [-0.05, 0) is 18.2 Å². The minimum atomic E-state index is -3.66. The quantitative estimate of drug-likeness (QED) is 0.469. The lowest BCUT2D eigenvalue weighted by molar-refractivity contribution is -0.119. The molecule has 0 fully saturated rings. The first kappa shape index (κ1) is 23.6. The van der Waals surface area contributed by atoms with E-state index in [9.17, 15) is 18.0 Å². The van der Waals surface area contributed by atoms with Gasteiger partial charge in [0.2, 0.25) is 10.0 Å². The van der Waals surface area contributed by atoms with Crippen molar-refractivity contribution in [2.75, 3.05) is 25.0 Å². The third-order valence-corrected chi connectivity index (χ3v) is 7.40. The number of esters is 1. The lowest BCUT2D eigenvalue weighted by Gasteiger charge is -2.18. The SMILES string of the molecule is CCN(CC)S(=O)(=O)c1cccc(NC(=O)COC(=O)c2csc(-c3cnn(C)c3)n2)c1. The van der Waals surface area contributed by atoms with Crippen LogP contribution < -0.4 is 5.32 Å². The number of hydrogen-bond acceptors (Lipinski definition) is 8. The molecule has 0 aliphatic carbocycles. The van der Waals surface area contributed by atoms with Crippen LogP contribution >= 0.6 is 11.3 Å². The van der Waals surface area contributed by atoms with Crippen molar-refractivity contribution in [2.24, 2.45) is 7.05 Å². The first-order valence-electron chi connectivity index (χ1n) is 9.76. The Morgan fingerprint density at radius 2 is 2.00 bits per heavy atom. The molecule has 3 aromatic rings. The average molecular weight is 478 g/mol. The number of aryl methyl sites for hydroxylation is 1. The fourth-order valence-corrected chi connectivity index (χ4v) is 5.15. The van der Waals surface area contributed by atoms with Crippen molar-refractivity contribution < 1.29 is 22.7 Å². The van der Waals surface area contributed by atoms with Gasteiger partial charge in [-0.1, -0.05) is 19.9 Å². The number of rotatable bonds is 9. The van der Waals surface area contributed by atoms with Crippen LogP contribution in [0.2, 0.25) is 0 Å². The molecule has 0 bridgehead atoms. The first-order chi connectivity index (χ1) is 15.2. The van der Waals surface area contributed by atoms with E-state index in [-0.39, 0.29) is 16.3 Å². The maximum absolute atomic E-state index is 12.6. The van der Waals surface area contributed by atoms with Crippen molar-refractivity contribution in [1.82, 2.24) is 19.1 Å². The Balaban J connectivity index is 1.59. The lowest BCUT2D eigenvalue weighted by atomic mass is 10.3. The number of amides is 1. The van der Waals surface area contributed by atoms with Crippen molar-refractivity contribution in [3.63, 3.8) is 0 Å². The summed E-state index contributed by atoms with van der Waals surface area (Å²) in [5.41, 5.74) is 1.15. The van der Waals surface area contributed by atoms with Crippen LogP contribution in [0.3, 0.4) is 0 Å². The maximum Gasteiger partial charge on any atom is 0.358 e. The second-order valence-electron chi connectivity index (χ2n) is 6.68. The van der Waals surface area contributed by atoms with Gasteiger partial charge in [0, 0.05) is 43.0 Å². The maximum atomic E-state index is 12.6. The number of ether oxygens (including phenoxy) is 1. The molecule has 0 aliphatic rings. The molecule has 0 aliphatic heterocycles. The molecule has 170 valence electrons. The Labute approximate surface area is 189 Å². The molecule has 32 heavy (non-hydrogen) atoms. The molecule has 0 atom stereocenters. The van der Waals surface area contributed by atoms with Crippen LogP contribution in [0.4, 0.5) is 5.69 Å². The number of sulfonamides is 1. The van der Waals surface area contributed by atoms with Crippen LogP contribution in [-0.4, -0.2) is 59.1 Å². The number of nitrogens with zero attached hydrogens (tertiary/aromatic N) is 4. The van der Waals surface area contributed by atoms with Crippen molar-refractivity contribution in [1.29, 1.82) is 0 Å². The minimum Gasteiger partial charge on any atom is -0.451 e. The molecule has 1 N–H and O–H groups in total. The van der Waals surface area contributed by atoms with E-state index < -0.39 is 28.5 Å². The molecule has 0 radical (unpaired) electrons. The molecule has 2 heterocycles. The summed E-state index contributed by atoms with van der Waals surface area (Å²) < 4.78 is 33.3. The molecule has 0 saturated heterocycles. The van der Waals surface area contributed by atoms with Gasteiger partial charge < -0.3 is 10.1 Å². The summed E-state index contributed by atoms with van der Waals surface area (Å²) in [6.07, 6.45) is 3.41.